The van der Waals surface area contributed by atoms with Gasteiger partial charge in [-0.15, -0.1) is 0 Å². The largest absolute Gasteiger partial charge is 0.457 e. The van der Waals surface area contributed by atoms with Gasteiger partial charge in [0.1, 0.15) is 0 Å². The maximum absolute atomic E-state index is 13.2. The highest BCUT2D eigenvalue weighted by Crippen LogP contribution is 2.25. The summed E-state index contributed by atoms with van der Waals surface area (Å²) in [6.45, 7) is 3.12. The van der Waals surface area contributed by atoms with Crippen molar-refractivity contribution < 1.29 is 28.6 Å². The molecule has 2 aromatic rings. The summed E-state index contributed by atoms with van der Waals surface area (Å²) in [4.78, 5) is 38.2. The second kappa shape index (κ2) is 10.0. The van der Waals surface area contributed by atoms with Gasteiger partial charge in [-0.1, -0.05) is 60.7 Å². The van der Waals surface area contributed by atoms with Crippen molar-refractivity contribution in [1.29, 1.82) is 0 Å². The molecule has 158 valence electrons. The third kappa shape index (κ3) is 5.67. The molecule has 1 heterocycles. The number of carbonyl (C=O) groups excluding carboxylic acids is 3. The Bertz CT molecular complexity index is 870. The monoisotopic (exact) mass is 411 g/mol. The summed E-state index contributed by atoms with van der Waals surface area (Å²) < 4.78 is 16.7. The Balaban J connectivity index is 1.85. The first kappa shape index (κ1) is 21.5. The van der Waals surface area contributed by atoms with Gasteiger partial charge in [0.05, 0.1) is 13.2 Å². The minimum absolute atomic E-state index is 0.108. The fourth-order valence-electron chi connectivity index (χ4n) is 3.45. The fourth-order valence-corrected chi connectivity index (χ4v) is 3.45. The summed E-state index contributed by atoms with van der Waals surface area (Å²) in [5.41, 5.74) is 1.80. The molecular weight excluding hydrogens is 386 g/mol. The number of piperidine rings is 1. The molecule has 0 unspecified atom stereocenters. The van der Waals surface area contributed by atoms with Crippen LogP contribution >= 0.6 is 0 Å². The van der Waals surface area contributed by atoms with Gasteiger partial charge < -0.3 is 19.1 Å². The van der Waals surface area contributed by atoms with Gasteiger partial charge in [0, 0.05) is 20.4 Å². The number of benzene rings is 2. The predicted octanol–water partition coefficient (Wildman–Crippen LogP) is 2.48. The number of carbonyl (C=O) groups is 3. The van der Waals surface area contributed by atoms with E-state index in [2.05, 4.69) is 0 Å². The van der Waals surface area contributed by atoms with Crippen LogP contribution in [0.2, 0.25) is 0 Å². The van der Waals surface area contributed by atoms with Crippen molar-refractivity contribution in [1.82, 2.24) is 4.90 Å². The minimum atomic E-state index is -1.09. The zero-order chi connectivity index (χ0) is 21.5. The van der Waals surface area contributed by atoms with Crippen LogP contribution in [-0.4, -0.2) is 47.6 Å². The van der Waals surface area contributed by atoms with Crippen molar-refractivity contribution in [3.63, 3.8) is 0 Å². The Labute approximate surface area is 175 Å². The Morgan fingerprint density at radius 2 is 1.47 bits per heavy atom. The zero-order valence-electron chi connectivity index (χ0n) is 17.0. The summed E-state index contributed by atoms with van der Waals surface area (Å²) in [5.74, 6) is -1.41. The van der Waals surface area contributed by atoms with E-state index in [9.17, 15) is 14.4 Å². The van der Waals surface area contributed by atoms with Gasteiger partial charge in [-0.25, -0.2) is 0 Å². The first-order valence-corrected chi connectivity index (χ1v) is 9.76. The highest BCUT2D eigenvalue weighted by molar-refractivity contribution is 5.83. The molecule has 0 bridgehead atoms. The van der Waals surface area contributed by atoms with Crippen molar-refractivity contribution in [3.05, 3.63) is 71.8 Å². The van der Waals surface area contributed by atoms with Crippen molar-refractivity contribution in [3.8, 4) is 0 Å². The van der Waals surface area contributed by atoms with E-state index in [-0.39, 0.29) is 19.1 Å². The molecule has 7 nitrogen and oxygen atoms in total. The second-order valence-corrected chi connectivity index (χ2v) is 7.14. The van der Waals surface area contributed by atoms with Gasteiger partial charge in [-0.05, 0) is 11.1 Å². The highest BCUT2D eigenvalue weighted by Gasteiger charge is 2.47. The molecule has 1 aliphatic heterocycles. The summed E-state index contributed by atoms with van der Waals surface area (Å²) in [5, 5.41) is 0. The Hall–Kier alpha value is -3.19. The van der Waals surface area contributed by atoms with Crippen molar-refractivity contribution in [2.75, 3.05) is 6.54 Å². The Kier molecular flexibility index (Phi) is 7.19. The molecule has 2 aromatic carbocycles. The number of ether oxygens (including phenoxy) is 3. The lowest BCUT2D eigenvalue weighted by atomic mass is 9.99. The Morgan fingerprint density at radius 1 is 0.900 bits per heavy atom. The van der Waals surface area contributed by atoms with Crippen LogP contribution in [0.1, 0.15) is 25.0 Å². The molecule has 1 saturated heterocycles. The smallest absolute Gasteiger partial charge is 0.303 e. The van der Waals surface area contributed by atoms with Crippen LogP contribution < -0.4 is 0 Å². The maximum atomic E-state index is 13.2. The van der Waals surface area contributed by atoms with Crippen molar-refractivity contribution >= 4 is 17.8 Å². The first-order chi connectivity index (χ1) is 14.4. The van der Waals surface area contributed by atoms with Crippen LogP contribution in [0.25, 0.3) is 0 Å². The maximum Gasteiger partial charge on any atom is 0.303 e. The number of nitrogens with zero attached hydrogens (tertiary/aromatic N) is 1. The van der Waals surface area contributed by atoms with E-state index in [1.54, 1.807) is 4.90 Å². The molecule has 1 amide bonds. The van der Waals surface area contributed by atoms with Crippen LogP contribution in [0.15, 0.2) is 60.7 Å². The first-order valence-electron chi connectivity index (χ1n) is 9.76. The summed E-state index contributed by atoms with van der Waals surface area (Å²) >= 11 is 0. The average Bonchev–Trinajstić information content (AvgIpc) is 2.72. The standard InChI is InChI=1S/C23H25NO6/c1-16(25)29-20-14-24(13-18-9-5-3-6-10-18)23(27)22(21(20)30-17(2)26)28-15-19-11-7-4-8-12-19/h3-12,20-22H,13-15H2,1-2H3/t20-,21+,22-/m1/s1. The molecule has 0 radical (unpaired) electrons. The number of hydrogen-bond donors (Lipinski definition) is 0. The molecular formula is C23H25NO6. The van der Waals surface area contributed by atoms with Gasteiger partial charge in [0.2, 0.25) is 0 Å². The molecule has 0 aromatic heterocycles. The topological polar surface area (TPSA) is 82.1 Å². The number of likely N-dealkylation sites (tertiary alicyclic amines) is 1. The van der Waals surface area contributed by atoms with Crippen LogP contribution in [-0.2, 0) is 41.7 Å². The van der Waals surface area contributed by atoms with Gasteiger partial charge in [0.25, 0.3) is 5.91 Å². The van der Waals surface area contributed by atoms with E-state index in [1.165, 1.54) is 13.8 Å². The summed E-state index contributed by atoms with van der Waals surface area (Å²) in [7, 11) is 0. The summed E-state index contributed by atoms with van der Waals surface area (Å²) in [6, 6.07) is 18.9. The van der Waals surface area contributed by atoms with E-state index < -0.39 is 30.3 Å². The lowest BCUT2D eigenvalue weighted by Crippen LogP contribution is -2.61. The van der Waals surface area contributed by atoms with E-state index in [0.29, 0.717) is 6.54 Å². The number of esters is 2. The molecule has 0 N–H and O–H groups in total. The lowest BCUT2D eigenvalue weighted by Gasteiger charge is -2.41. The van der Waals surface area contributed by atoms with Crippen LogP contribution in [0.3, 0.4) is 0 Å². The molecule has 30 heavy (non-hydrogen) atoms. The van der Waals surface area contributed by atoms with Crippen molar-refractivity contribution in [2.24, 2.45) is 0 Å². The predicted molar refractivity (Wildman–Crippen MR) is 108 cm³/mol. The second-order valence-electron chi connectivity index (χ2n) is 7.14. The summed E-state index contributed by atoms with van der Waals surface area (Å²) in [6.07, 6.45) is -2.93. The normalized spacial score (nSPS) is 21.2. The number of rotatable bonds is 7. The van der Waals surface area contributed by atoms with Crippen LogP contribution in [0.4, 0.5) is 0 Å². The van der Waals surface area contributed by atoms with Crippen LogP contribution in [0.5, 0.6) is 0 Å². The number of hydrogen-bond acceptors (Lipinski definition) is 6. The molecule has 3 atom stereocenters. The van der Waals surface area contributed by atoms with Crippen molar-refractivity contribution in [2.45, 2.75) is 45.3 Å². The van der Waals surface area contributed by atoms with Gasteiger partial charge in [0.15, 0.2) is 18.3 Å². The van der Waals surface area contributed by atoms with E-state index in [0.717, 1.165) is 11.1 Å². The molecule has 1 fully saturated rings. The third-order valence-electron chi connectivity index (χ3n) is 4.73. The average molecular weight is 411 g/mol. The van der Waals surface area contributed by atoms with E-state index in [4.69, 9.17) is 14.2 Å². The molecule has 1 aliphatic rings. The Morgan fingerprint density at radius 3 is 2.03 bits per heavy atom. The van der Waals surface area contributed by atoms with E-state index in [1.807, 2.05) is 60.7 Å². The van der Waals surface area contributed by atoms with Gasteiger partial charge >= 0.3 is 11.9 Å². The molecule has 0 saturated carbocycles. The lowest BCUT2D eigenvalue weighted by molar-refractivity contribution is -0.199. The molecule has 0 spiro atoms. The zero-order valence-corrected chi connectivity index (χ0v) is 17.0. The highest BCUT2D eigenvalue weighted by atomic mass is 16.6. The SMILES string of the molecule is CC(=O)O[C@H]1[C@H](OC(C)=O)CN(Cc2ccccc2)C(=O)[C@@H]1OCc1ccccc1. The molecule has 3 rings (SSSR count). The van der Waals surface area contributed by atoms with Crippen LogP contribution in [0, 0.1) is 0 Å². The molecule has 7 heteroatoms. The van der Waals surface area contributed by atoms with Gasteiger partial charge in [-0.2, -0.15) is 0 Å². The fraction of sp³-hybridized carbons (Fsp3) is 0.348. The third-order valence-corrected chi connectivity index (χ3v) is 4.73. The molecule has 0 aliphatic carbocycles. The minimum Gasteiger partial charge on any atom is -0.457 e. The quantitative estimate of drug-likeness (QED) is 0.651. The van der Waals surface area contributed by atoms with Gasteiger partial charge in [-0.3, -0.25) is 14.4 Å². The number of amides is 1. The van der Waals surface area contributed by atoms with E-state index >= 15 is 0 Å².